The third-order valence-corrected chi connectivity index (χ3v) is 3.58. The summed E-state index contributed by atoms with van der Waals surface area (Å²) in [4.78, 5) is 35.4. The van der Waals surface area contributed by atoms with Crippen LogP contribution in [0.15, 0.2) is 30.0 Å². The minimum Gasteiger partial charge on any atom is -0.342 e. The Morgan fingerprint density at radius 3 is 2.65 bits per heavy atom. The number of amides is 3. The maximum atomic E-state index is 13.4. The molecule has 0 unspecified atom stereocenters. The Bertz CT molecular complexity index is 815. The van der Waals surface area contributed by atoms with Gasteiger partial charge in [-0.25, -0.2) is 5.48 Å². The number of hydrogen-bond acceptors (Lipinski definition) is 4. The smallest absolute Gasteiger partial charge is 0.342 e. The van der Waals surface area contributed by atoms with Gasteiger partial charge in [-0.1, -0.05) is 12.1 Å². The topological polar surface area (TPSA) is 98.7 Å². The number of carbonyl (C=O) groups excluding carboxylic acids is 3. The van der Waals surface area contributed by atoms with Crippen LogP contribution < -0.4 is 10.8 Å². The van der Waals surface area contributed by atoms with Crippen molar-refractivity contribution in [3.05, 3.63) is 46.7 Å². The van der Waals surface area contributed by atoms with Crippen molar-refractivity contribution in [2.45, 2.75) is 6.18 Å². The Hall–Kier alpha value is -3.14. The second-order valence-corrected chi connectivity index (χ2v) is 5.32. The molecule has 26 heavy (non-hydrogen) atoms. The molecule has 0 atom stereocenters. The number of rotatable bonds is 3. The highest BCUT2D eigenvalue weighted by molar-refractivity contribution is 6.06. The molecule has 1 aliphatic rings. The van der Waals surface area contributed by atoms with Crippen molar-refractivity contribution in [1.29, 1.82) is 0 Å². The molecule has 0 radical (unpaired) electrons. The van der Waals surface area contributed by atoms with Crippen LogP contribution in [0.4, 0.5) is 13.2 Å². The molecule has 7 nitrogen and oxygen atoms in total. The van der Waals surface area contributed by atoms with Crippen LogP contribution in [0.2, 0.25) is 0 Å². The van der Waals surface area contributed by atoms with Gasteiger partial charge in [0.2, 0.25) is 5.91 Å². The molecule has 0 aliphatic carbocycles. The second kappa shape index (κ2) is 7.40. The number of nitrogens with one attached hydrogen (secondary N) is 2. The van der Waals surface area contributed by atoms with Crippen LogP contribution in [-0.2, 0) is 20.6 Å². The number of likely N-dealkylation sites (N-methyl/N-ethyl adjacent to an activating group) is 1. The first kappa shape index (κ1) is 19.2. The minimum atomic E-state index is -4.73. The summed E-state index contributed by atoms with van der Waals surface area (Å²) in [6.07, 6.45) is -1.82. The van der Waals surface area contributed by atoms with E-state index < -0.39 is 29.5 Å². The number of nitrogens with zero attached hydrogens (tertiary/aromatic N) is 1. The molecule has 1 aromatic carbocycles. The SMILES string of the molecule is CN1C(=O)CNC(=O)/C1=C/c1ccc(/C=C/C(=O)NO)cc1C(F)(F)F. The van der Waals surface area contributed by atoms with Crippen molar-refractivity contribution < 1.29 is 32.8 Å². The van der Waals surface area contributed by atoms with Crippen LogP contribution in [0, 0.1) is 0 Å². The van der Waals surface area contributed by atoms with E-state index >= 15 is 0 Å². The second-order valence-electron chi connectivity index (χ2n) is 5.32. The van der Waals surface area contributed by atoms with E-state index in [1.807, 2.05) is 0 Å². The van der Waals surface area contributed by atoms with E-state index in [1.165, 1.54) is 18.6 Å². The molecule has 1 aliphatic heterocycles. The molecule has 0 aromatic heterocycles. The van der Waals surface area contributed by atoms with E-state index in [0.717, 1.165) is 35.3 Å². The van der Waals surface area contributed by atoms with Crippen LogP contribution in [0.25, 0.3) is 12.2 Å². The molecule has 0 bridgehead atoms. The Kier molecular flexibility index (Phi) is 5.46. The number of hydroxylamine groups is 1. The Balaban J connectivity index is 2.50. The average molecular weight is 369 g/mol. The fourth-order valence-electron chi connectivity index (χ4n) is 2.22. The van der Waals surface area contributed by atoms with Crippen molar-refractivity contribution in [3.8, 4) is 0 Å². The van der Waals surface area contributed by atoms with Gasteiger partial charge in [0.15, 0.2) is 0 Å². The number of carbonyl (C=O) groups is 3. The molecular formula is C16H14F3N3O4. The lowest BCUT2D eigenvalue weighted by Crippen LogP contribution is -2.47. The number of piperazine rings is 1. The molecule has 1 saturated heterocycles. The van der Waals surface area contributed by atoms with Crippen molar-refractivity contribution in [3.63, 3.8) is 0 Å². The summed E-state index contributed by atoms with van der Waals surface area (Å²) >= 11 is 0. The molecule has 1 heterocycles. The van der Waals surface area contributed by atoms with Gasteiger partial charge < -0.3 is 10.2 Å². The molecule has 1 aromatic rings. The largest absolute Gasteiger partial charge is 0.417 e. The third-order valence-electron chi connectivity index (χ3n) is 3.58. The lowest BCUT2D eigenvalue weighted by molar-refractivity contribution is -0.137. The first-order valence-electron chi connectivity index (χ1n) is 7.23. The van der Waals surface area contributed by atoms with Gasteiger partial charge in [-0.05, 0) is 29.3 Å². The number of halogens is 3. The van der Waals surface area contributed by atoms with E-state index in [4.69, 9.17) is 5.21 Å². The van der Waals surface area contributed by atoms with Gasteiger partial charge in [0.25, 0.3) is 11.8 Å². The van der Waals surface area contributed by atoms with Crippen LogP contribution in [0.3, 0.4) is 0 Å². The Labute approximate surface area is 145 Å². The van der Waals surface area contributed by atoms with Gasteiger partial charge in [0, 0.05) is 13.1 Å². The van der Waals surface area contributed by atoms with Crippen molar-refractivity contribution >= 4 is 29.9 Å². The first-order chi connectivity index (χ1) is 12.1. The van der Waals surface area contributed by atoms with Gasteiger partial charge in [0.1, 0.15) is 5.70 Å². The fourth-order valence-corrected chi connectivity index (χ4v) is 2.22. The van der Waals surface area contributed by atoms with E-state index in [0.29, 0.717) is 0 Å². The number of benzene rings is 1. The first-order valence-corrected chi connectivity index (χ1v) is 7.23. The van der Waals surface area contributed by atoms with Crippen LogP contribution in [0.5, 0.6) is 0 Å². The van der Waals surface area contributed by atoms with Gasteiger partial charge in [-0.3, -0.25) is 19.6 Å². The minimum absolute atomic E-state index is 0.0561. The molecular weight excluding hydrogens is 355 g/mol. The zero-order valence-corrected chi connectivity index (χ0v) is 13.4. The highest BCUT2D eigenvalue weighted by Gasteiger charge is 2.34. The number of alkyl halides is 3. The average Bonchev–Trinajstić information content (AvgIpc) is 2.59. The molecule has 1 fully saturated rings. The van der Waals surface area contributed by atoms with Gasteiger partial charge in [-0.15, -0.1) is 0 Å². The predicted octanol–water partition coefficient (Wildman–Crippen LogP) is 1.15. The van der Waals surface area contributed by atoms with E-state index in [-0.39, 0.29) is 23.4 Å². The fraction of sp³-hybridized carbons (Fsp3) is 0.188. The van der Waals surface area contributed by atoms with Crippen molar-refractivity contribution in [2.75, 3.05) is 13.6 Å². The lowest BCUT2D eigenvalue weighted by atomic mass is 10.0. The zero-order valence-electron chi connectivity index (χ0n) is 13.4. The molecule has 2 rings (SSSR count). The van der Waals surface area contributed by atoms with Crippen LogP contribution in [0.1, 0.15) is 16.7 Å². The normalized spacial score (nSPS) is 17.0. The summed E-state index contributed by atoms with van der Waals surface area (Å²) in [5.41, 5.74) is -0.195. The summed E-state index contributed by atoms with van der Waals surface area (Å²) in [6, 6.07) is 3.20. The standard InChI is InChI=1S/C16H14F3N3O4/c1-22-12(15(25)20-8-14(22)24)7-10-4-2-9(3-5-13(23)21-26)6-11(10)16(17,18)19/h2-7,26H,8H2,1H3,(H,20,25)(H,21,23)/b5-3+,12-7-. The highest BCUT2D eigenvalue weighted by atomic mass is 19.4. The molecule has 138 valence electrons. The van der Waals surface area contributed by atoms with Crippen LogP contribution in [-0.4, -0.2) is 41.4 Å². The van der Waals surface area contributed by atoms with Gasteiger partial charge in [-0.2, -0.15) is 13.2 Å². The molecule has 3 N–H and O–H groups in total. The summed E-state index contributed by atoms with van der Waals surface area (Å²) in [6.45, 7) is -0.227. The van der Waals surface area contributed by atoms with E-state index in [1.54, 1.807) is 0 Å². The van der Waals surface area contributed by atoms with Gasteiger partial charge in [0.05, 0.1) is 12.1 Å². The summed E-state index contributed by atoms with van der Waals surface area (Å²) in [5, 5.41) is 10.7. The van der Waals surface area contributed by atoms with Crippen LogP contribution >= 0.6 is 0 Å². The summed E-state index contributed by atoms with van der Waals surface area (Å²) in [5.74, 6) is -2.02. The maximum Gasteiger partial charge on any atom is 0.417 e. The predicted molar refractivity (Wildman–Crippen MR) is 84.2 cm³/mol. The van der Waals surface area contributed by atoms with Crippen molar-refractivity contribution in [1.82, 2.24) is 15.7 Å². The third kappa shape index (κ3) is 4.28. The van der Waals surface area contributed by atoms with E-state index in [9.17, 15) is 27.6 Å². The maximum absolute atomic E-state index is 13.4. The van der Waals surface area contributed by atoms with Crippen molar-refractivity contribution in [2.24, 2.45) is 0 Å². The molecule has 10 heteroatoms. The Morgan fingerprint density at radius 1 is 1.35 bits per heavy atom. The lowest BCUT2D eigenvalue weighted by Gasteiger charge is -2.25. The molecule has 0 spiro atoms. The highest BCUT2D eigenvalue weighted by Crippen LogP contribution is 2.34. The number of hydrogen-bond donors (Lipinski definition) is 3. The summed E-state index contributed by atoms with van der Waals surface area (Å²) < 4.78 is 40.1. The monoisotopic (exact) mass is 369 g/mol. The zero-order chi connectivity index (χ0) is 19.5. The Morgan fingerprint density at radius 2 is 2.04 bits per heavy atom. The summed E-state index contributed by atoms with van der Waals surface area (Å²) in [7, 11) is 1.30. The molecule has 0 saturated carbocycles. The quantitative estimate of drug-likeness (QED) is 0.423. The van der Waals surface area contributed by atoms with E-state index in [2.05, 4.69) is 5.32 Å². The van der Waals surface area contributed by atoms with Gasteiger partial charge >= 0.3 is 6.18 Å². The molecule has 3 amide bonds.